The number of nitro benzene ring substituents is 1. The topological polar surface area (TPSA) is 125 Å². The number of rotatable bonds is 8. The zero-order valence-electron chi connectivity index (χ0n) is 16.1. The Morgan fingerprint density at radius 2 is 1.76 bits per heavy atom. The quantitative estimate of drug-likeness (QED) is 0.312. The van der Waals surface area contributed by atoms with Gasteiger partial charge < -0.3 is 14.8 Å². The minimum absolute atomic E-state index is 0.0956. The molecule has 1 amide bonds. The Balaban J connectivity index is 2.03. The van der Waals surface area contributed by atoms with Gasteiger partial charge in [-0.2, -0.15) is 0 Å². The van der Waals surface area contributed by atoms with Crippen LogP contribution in [0, 0.1) is 16.0 Å². The van der Waals surface area contributed by atoms with E-state index in [0.29, 0.717) is 5.69 Å². The van der Waals surface area contributed by atoms with Crippen LogP contribution >= 0.6 is 0 Å². The highest BCUT2D eigenvalue weighted by molar-refractivity contribution is 6.00. The van der Waals surface area contributed by atoms with Gasteiger partial charge in [0.05, 0.1) is 12.0 Å². The molecule has 0 radical (unpaired) electrons. The summed E-state index contributed by atoms with van der Waals surface area (Å²) in [6.45, 7) is 2.97. The first-order chi connectivity index (χ1) is 13.7. The number of carbonyl (C=O) groups is 3. The molecule has 0 spiro atoms. The van der Waals surface area contributed by atoms with E-state index in [1.54, 1.807) is 26.0 Å². The van der Waals surface area contributed by atoms with Gasteiger partial charge in [0.2, 0.25) is 5.91 Å². The van der Waals surface area contributed by atoms with Crippen LogP contribution in [0.1, 0.15) is 34.6 Å². The predicted octanol–water partition coefficient (Wildman–Crippen LogP) is 3.24. The van der Waals surface area contributed by atoms with E-state index in [1.165, 1.54) is 31.4 Å². The summed E-state index contributed by atoms with van der Waals surface area (Å²) >= 11 is 0. The van der Waals surface area contributed by atoms with Crippen LogP contribution in [0.25, 0.3) is 0 Å². The maximum absolute atomic E-state index is 12.2. The third kappa shape index (κ3) is 5.61. The van der Waals surface area contributed by atoms with Crippen molar-refractivity contribution in [2.75, 3.05) is 19.0 Å². The number of benzene rings is 2. The summed E-state index contributed by atoms with van der Waals surface area (Å²) in [5.41, 5.74) is 0.370. The van der Waals surface area contributed by atoms with Crippen LogP contribution in [0.15, 0.2) is 42.5 Å². The SMILES string of the molecule is COc1ccc([N+](=O)[O-])cc1C(=O)OCC(=O)c1ccc(NC(=O)C(C)C)cc1. The lowest BCUT2D eigenvalue weighted by atomic mass is 10.1. The molecule has 1 N–H and O–H groups in total. The molecule has 0 bridgehead atoms. The summed E-state index contributed by atoms with van der Waals surface area (Å²) in [6.07, 6.45) is 0. The third-order valence-electron chi connectivity index (χ3n) is 3.95. The molecule has 152 valence electrons. The Morgan fingerprint density at radius 3 is 2.31 bits per heavy atom. The highest BCUT2D eigenvalue weighted by Crippen LogP contribution is 2.24. The van der Waals surface area contributed by atoms with Crippen molar-refractivity contribution in [1.82, 2.24) is 0 Å². The Labute approximate surface area is 166 Å². The molecule has 2 aromatic carbocycles. The number of non-ortho nitro benzene ring substituents is 1. The number of methoxy groups -OCH3 is 1. The molecule has 0 saturated carbocycles. The molecule has 29 heavy (non-hydrogen) atoms. The van der Waals surface area contributed by atoms with Gasteiger partial charge in [-0.05, 0) is 30.3 Å². The Kier molecular flexibility index (Phi) is 7.02. The van der Waals surface area contributed by atoms with Gasteiger partial charge in [0.15, 0.2) is 12.4 Å². The second-order valence-corrected chi connectivity index (χ2v) is 6.36. The average molecular weight is 400 g/mol. The highest BCUT2D eigenvalue weighted by atomic mass is 16.6. The number of hydrogen-bond acceptors (Lipinski definition) is 7. The number of nitrogens with zero attached hydrogens (tertiary/aromatic N) is 1. The van der Waals surface area contributed by atoms with Crippen LogP contribution in [-0.2, 0) is 9.53 Å². The fourth-order valence-corrected chi connectivity index (χ4v) is 2.29. The van der Waals surface area contributed by atoms with Gasteiger partial charge >= 0.3 is 5.97 Å². The molecule has 9 heteroatoms. The van der Waals surface area contributed by atoms with Gasteiger partial charge in [-0.1, -0.05) is 13.8 Å². The molecule has 0 aromatic heterocycles. The molecule has 0 aliphatic carbocycles. The predicted molar refractivity (Wildman–Crippen MR) is 104 cm³/mol. The van der Waals surface area contributed by atoms with E-state index in [-0.39, 0.29) is 34.4 Å². The zero-order valence-corrected chi connectivity index (χ0v) is 16.1. The maximum Gasteiger partial charge on any atom is 0.342 e. The lowest BCUT2D eigenvalue weighted by Crippen LogP contribution is -2.18. The zero-order chi connectivity index (χ0) is 21.6. The smallest absolute Gasteiger partial charge is 0.342 e. The van der Waals surface area contributed by atoms with E-state index in [9.17, 15) is 24.5 Å². The van der Waals surface area contributed by atoms with Crippen LogP contribution in [-0.4, -0.2) is 36.3 Å². The molecule has 0 unspecified atom stereocenters. The molecule has 2 rings (SSSR count). The summed E-state index contributed by atoms with van der Waals surface area (Å²) in [5, 5.41) is 13.6. The van der Waals surface area contributed by atoms with Crippen molar-refractivity contribution in [3.63, 3.8) is 0 Å². The summed E-state index contributed by atoms with van der Waals surface area (Å²) in [7, 11) is 1.31. The fraction of sp³-hybridized carbons (Fsp3) is 0.250. The molecule has 9 nitrogen and oxygen atoms in total. The molecular weight excluding hydrogens is 380 g/mol. The molecule has 2 aromatic rings. The van der Waals surface area contributed by atoms with Gasteiger partial charge in [-0.25, -0.2) is 4.79 Å². The lowest BCUT2D eigenvalue weighted by Gasteiger charge is -2.09. The molecule has 0 aliphatic rings. The number of ether oxygens (including phenoxy) is 2. The van der Waals surface area contributed by atoms with Crippen LogP contribution in [0.4, 0.5) is 11.4 Å². The van der Waals surface area contributed by atoms with E-state index in [0.717, 1.165) is 6.07 Å². The van der Waals surface area contributed by atoms with Crippen LogP contribution in [0.3, 0.4) is 0 Å². The Hall–Kier alpha value is -3.75. The highest BCUT2D eigenvalue weighted by Gasteiger charge is 2.20. The van der Waals surface area contributed by atoms with Crippen LogP contribution in [0.5, 0.6) is 5.75 Å². The summed E-state index contributed by atoms with van der Waals surface area (Å²) < 4.78 is 10.00. The van der Waals surface area contributed by atoms with E-state index < -0.39 is 23.3 Å². The lowest BCUT2D eigenvalue weighted by molar-refractivity contribution is -0.384. The van der Waals surface area contributed by atoms with E-state index >= 15 is 0 Å². The molecular formula is C20H20N2O7. The van der Waals surface area contributed by atoms with Crippen molar-refractivity contribution >= 4 is 29.0 Å². The largest absolute Gasteiger partial charge is 0.496 e. The molecule has 0 aliphatic heterocycles. The second kappa shape index (κ2) is 9.45. The van der Waals surface area contributed by atoms with Crippen molar-refractivity contribution < 1.29 is 28.8 Å². The standard InChI is InChI=1S/C20H20N2O7/c1-12(2)19(24)21-14-6-4-13(5-7-14)17(23)11-29-20(25)16-10-15(22(26)27)8-9-18(16)28-3/h4-10,12H,11H2,1-3H3,(H,21,24). The monoisotopic (exact) mass is 400 g/mol. The van der Waals surface area contributed by atoms with Crippen molar-refractivity contribution in [3.05, 3.63) is 63.7 Å². The summed E-state index contributed by atoms with van der Waals surface area (Å²) in [5.74, 6) is -1.62. The summed E-state index contributed by atoms with van der Waals surface area (Å²) in [6, 6.07) is 9.64. The number of hydrogen-bond donors (Lipinski definition) is 1. The second-order valence-electron chi connectivity index (χ2n) is 6.36. The van der Waals surface area contributed by atoms with Gasteiger partial charge in [0, 0.05) is 29.3 Å². The Bertz CT molecular complexity index is 936. The van der Waals surface area contributed by atoms with Crippen LogP contribution < -0.4 is 10.1 Å². The first-order valence-electron chi connectivity index (χ1n) is 8.66. The molecule has 0 fully saturated rings. The number of anilines is 1. The Morgan fingerprint density at radius 1 is 1.10 bits per heavy atom. The number of ketones is 1. The third-order valence-corrected chi connectivity index (χ3v) is 3.95. The minimum atomic E-state index is -0.917. The summed E-state index contributed by atoms with van der Waals surface area (Å²) in [4.78, 5) is 46.4. The molecule has 0 heterocycles. The number of esters is 1. The van der Waals surface area contributed by atoms with E-state index in [1.807, 2.05) is 0 Å². The van der Waals surface area contributed by atoms with Gasteiger partial charge in [-0.3, -0.25) is 19.7 Å². The molecule has 0 atom stereocenters. The normalized spacial score (nSPS) is 10.3. The minimum Gasteiger partial charge on any atom is -0.496 e. The van der Waals surface area contributed by atoms with Crippen LogP contribution in [0.2, 0.25) is 0 Å². The molecule has 0 saturated heterocycles. The fourth-order valence-electron chi connectivity index (χ4n) is 2.29. The van der Waals surface area contributed by atoms with Gasteiger partial charge in [-0.15, -0.1) is 0 Å². The first kappa shape index (κ1) is 21.5. The van der Waals surface area contributed by atoms with Crippen molar-refractivity contribution in [2.24, 2.45) is 5.92 Å². The van der Waals surface area contributed by atoms with Crippen molar-refractivity contribution in [2.45, 2.75) is 13.8 Å². The first-order valence-corrected chi connectivity index (χ1v) is 8.66. The number of nitro groups is 1. The average Bonchev–Trinajstić information content (AvgIpc) is 2.71. The number of amides is 1. The number of nitrogens with one attached hydrogen (secondary N) is 1. The van der Waals surface area contributed by atoms with Crippen molar-refractivity contribution in [3.8, 4) is 5.75 Å². The van der Waals surface area contributed by atoms with E-state index in [2.05, 4.69) is 5.32 Å². The number of carbonyl (C=O) groups excluding carboxylic acids is 3. The van der Waals surface area contributed by atoms with Crippen molar-refractivity contribution in [1.29, 1.82) is 0 Å². The number of Topliss-reactive ketones (excluding diaryl/α,β-unsaturated/α-hetero) is 1. The van der Waals surface area contributed by atoms with Gasteiger partial charge in [0.25, 0.3) is 5.69 Å². The van der Waals surface area contributed by atoms with Gasteiger partial charge in [0.1, 0.15) is 11.3 Å². The maximum atomic E-state index is 12.2. The van der Waals surface area contributed by atoms with E-state index in [4.69, 9.17) is 9.47 Å².